The van der Waals surface area contributed by atoms with Crippen LogP contribution < -0.4 is 5.32 Å². The molecule has 0 radical (unpaired) electrons. The number of nitro benzene ring substituents is 1. The summed E-state index contributed by atoms with van der Waals surface area (Å²) in [7, 11) is 0. The number of thioether (sulfide) groups is 1. The summed E-state index contributed by atoms with van der Waals surface area (Å²) in [5, 5.41) is 18.5. The maximum Gasteiger partial charge on any atom is 0.269 e. The molecule has 1 atom stereocenters. The minimum atomic E-state index is -0.454. The van der Waals surface area contributed by atoms with Gasteiger partial charge in [-0.05, 0) is 32.4 Å². The van der Waals surface area contributed by atoms with Gasteiger partial charge in [0, 0.05) is 22.7 Å². The molecule has 1 aliphatic rings. The Kier molecular flexibility index (Phi) is 4.51. The van der Waals surface area contributed by atoms with E-state index in [1.54, 1.807) is 10.9 Å². The van der Waals surface area contributed by atoms with Crippen LogP contribution in [-0.4, -0.2) is 26.4 Å². The van der Waals surface area contributed by atoms with E-state index in [-0.39, 0.29) is 28.1 Å². The summed E-state index contributed by atoms with van der Waals surface area (Å²) in [6, 6.07) is 4.35. The second-order valence-electron chi connectivity index (χ2n) is 6.73. The fraction of sp³-hybridized carbons (Fsp3) is 0.375. The Morgan fingerprint density at radius 3 is 2.76 bits per heavy atom. The van der Waals surface area contributed by atoms with Crippen LogP contribution in [0.3, 0.4) is 0 Å². The molecule has 25 heavy (non-hydrogen) atoms. The molecule has 1 amide bonds. The molecular weight excluding hydrogens is 364 g/mol. The van der Waals surface area contributed by atoms with Crippen LogP contribution in [-0.2, 0) is 10.3 Å². The highest BCUT2D eigenvalue weighted by atomic mass is 35.5. The SMILES string of the molecule is CC(C)(C)n1ncc2c1NC(=O)CSC2c1cc([N+](=O)[O-])ccc1Cl. The van der Waals surface area contributed by atoms with Crippen molar-refractivity contribution in [3.63, 3.8) is 0 Å². The molecule has 1 N–H and O–H groups in total. The average molecular weight is 381 g/mol. The predicted molar refractivity (Wildman–Crippen MR) is 98.3 cm³/mol. The van der Waals surface area contributed by atoms with Crippen LogP contribution in [0.4, 0.5) is 11.5 Å². The molecular formula is C16H17ClN4O3S. The van der Waals surface area contributed by atoms with Crippen molar-refractivity contribution in [1.82, 2.24) is 9.78 Å². The number of nitro groups is 1. The number of carbonyl (C=O) groups is 1. The lowest BCUT2D eigenvalue weighted by Crippen LogP contribution is -2.27. The first kappa shape index (κ1) is 17.8. The molecule has 0 saturated heterocycles. The molecule has 0 bridgehead atoms. The van der Waals surface area contributed by atoms with E-state index in [1.165, 1.54) is 30.0 Å². The molecule has 1 aliphatic heterocycles. The number of fused-ring (bicyclic) bond motifs is 1. The molecule has 7 nitrogen and oxygen atoms in total. The lowest BCUT2D eigenvalue weighted by atomic mass is 10.0. The molecule has 2 heterocycles. The Bertz CT molecular complexity index is 860. The molecule has 0 spiro atoms. The number of anilines is 1. The van der Waals surface area contributed by atoms with Crippen molar-refractivity contribution in [3.05, 3.63) is 50.7 Å². The second kappa shape index (κ2) is 6.34. The zero-order valence-corrected chi connectivity index (χ0v) is 15.5. The lowest BCUT2D eigenvalue weighted by molar-refractivity contribution is -0.384. The topological polar surface area (TPSA) is 90.1 Å². The Morgan fingerprint density at radius 1 is 1.40 bits per heavy atom. The normalized spacial score (nSPS) is 17.6. The van der Waals surface area contributed by atoms with E-state index in [1.807, 2.05) is 20.8 Å². The smallest absolute Gasteiger partial charge is 0.269 e. The largest absolute Gasteiger partial charge is 0.310 e. The van der Waals surface area contributed by atoms with Crippen molar-refractivity contribution >= 4 is 40.8 Å². The van der Waals surface area contributed by atoms with E-state index in [0.29, 0.717) is 16.4 Å². The molecule has 0 aliphatic carbocycles. The molecule has 1 aromatic carbocycles. The van der Waals surface area contributed by atoms with Gasteiger partial charge in [0.2, 0.25) is 5.91 Å². The van der Waals surface area contributed by atoms with E-state index >= 15 is 0 Å². The van der Waals surface area contributed by atoms with Gasteiger partial charge in [-0.3, -0.25) is 14.9 Å². The zero-order valence-electron chi connectivity index (χ0n) is 13.9. The summed E-state index contributed by atoms with van der Waals surface area (Å²) in [6.07, 6.45) is 1.69. The molecule has 1 unspecified atom stereocenters. The number of amides is 1. The Hall–Kier alpha value is -2.06. The van der Waals surface area contributed by atoms with Crippen LogP contribution >= 0.6 is 23.4 Å². The number of hydrogen-bond donors (Lipinski definition) is 1. The summed E-state index contributed by atoms with van der Waals surface area (Å²) < 4.78 is 1.75. The van der Waals surface area contributed by atoms with Gasteiger partial charge >= 0.3 is 0 Å². The fourth-order valence-corrected chi connectivity index (χ4v) is 4.11. The summed E-state index contributed by atoms with van der Waals surface area (Å²) >= 11 is 7.69. The quantitative estimate of drug-likeness (QED) is 0.628. The second-order valence-corrected chi connectivity index (χ2v) is 8.23. The van der Waals surface area contributed by atoms with Crippen LogP contribution in [0.15, 0.2) is 24.4 Å². The van der Waals surface area contributed by atoms with Gasteiger partial charge in [0.25, 0.3) is 5.69 Å². The molecule has 9 heteroatoms. The first-order valence-corrected chi connectivity index (χ1v) is 9.05. The van der Waals surface area contributed by atoms with Crippen molar-refractivity contribution in [2.75, 3.05) is 11.1 Å². The first-order chi connectivity index (χ1) is 11.7. The highest BCUT2D eigenvalue weighted by Crippen LogP contribution is 2.45. The van der Waals surface area contributed by atoms with E-state index < -0.39 is 4.92 Å². The molecule has 1 aromatic heterocycles. The van der Waals surface area contributed by atoms with Crippen LogP contribution in [0.2, 0.25) is 5.02 Å². The average Bonchev–Trinajstić information content (AvgIpc) is 2.85. The van der Waals surface area contributed by atoms with E-state index in [4.69, 9.17) is 11.6 Å². The van der Waals surface area contributed by atoms with Crippen LogP contribution in [0.5, 0.6) is 0 Å². The Balaban J connectivity index is 2.17. The van der Waals surface area contributed by atoms with Gasteiger partial charge in [-0.2, -0.15) is 5.10 Å². The number of halogens is 1. The monoisotopic (exact) mass is 380 g/mol. The molecule has 0 saturated carbocycles. The predicted octanol–water partition coefficient (Wildman–Crippen LogP) is 3.97. The van der Waals surface area contributed by atoms with Crippen LogP contribution in [0.25, 0.3) is 0 Å². The van der Waals surface area contributed by atoms with Crippen molar-refractivity contribution in [2.24, 2.45) is 0 Å². The van der Waals surface area contributed by atoms with E-state index in [0.717, 1.165) is 5.56 Å². The fourth-order valence-electron chi connectivity index (χ4n) is 2.71. The van der Waals surface area contributed by atoms with Crippen molar-refractivity contribution in [2.45, 2.75) is 31.6 Å². The number of rotatable bonds is 2. The van der Waals surface area contributed by atoms with Gasteiger partial charge in [-0.25, -0.2) is 4.68 Å². The van der Waals surface area contributed by atoms with Gasteiger partial charge in [0.15, 0.2) is 0 Å². The Morgan fingerprint density at radius 2 is 2.12 bits per heavy atom. The minimum Gasteiger partial charge on any atom is -0.310 e. The van der Waals surface area contributed by atoms with Gasteiger partial charge in [0.1, 0.15) is 5.82 Å². The number of nitrogens with one attached hydrogen (secondary N) is 1. The number of nitrogens with zero attached hydrogens (tertiary/aromatic N) is 3. The number of carbonyl (C=O) groups excluding carboxylic acids is 1. The number of non-ortho nitro benzene ring substituents is 1. The molecule has 2 aromatic rings. The number of benzene rings is 1. The van der Waals surface area contributed by atoms with Crippen LogP contribution in [0, 0.1) is 10.1 Å². The van der Waals surface area contributed by atoms with Crippen molar-refractivity contribution in [3.8, 4) is 0 Å². The maximum absolute atomic E-state index is 12.1. The number of hydrogen-bond acceptors (Lipinski definition) is 5. The van der Waals surface area contributed by atoms with Crippen LogP contribution in [0.1, 0.15) is 37.1 Å². The van der Waals surface area contributed by atoms with E-state index in [2.05, 4.69) is 10.4 Å². The first-order valence-electron chi connectivity index (χ1n) is 7.62. The number of aromatic nitrogens is 2. The van der Waals surface area contributed by atoms with Crippen molar-refractivity contribution < 1.29 is 9.72 Å². The highest BCUT2D eigenvalue weighted by Gasteiger charge is 2.32. The summed E-state index contributed by atoms with van der Waals surface area (Å²) in [5.74, 6) is 0.694. The zero-order chi connectivity index (χ0) is 18.4. The molecule has 3 rings (SSSR count). The summed E-state index contributed by atoms with van der Waals surface area (Å²) in [5.41, 5.74) is 1.03. The Labute approximate surface area is 153 Å². The van der Waals surface area contributed by atoms with Crippen molar-refractivity contribution in [1.29, 1.82) is 0 Å². The third-order valence-electron chi connectivity index (χ3n) is 3.83. The van der Waals surface area contributed by atoms with E-state index in [9.17, 15) is 14.9 Å². The van der Waals surface area contributed by atoms with Gasteiger partial charge in [-0.1, -0.05) is 11.6 Å². The summed E-state index contributed by atoms with van der Waals surface area (Å²) in [6.45, 7) is 5.96. The van der Waals surface area contributed by atoms with Gasteiger partial charge < -0.3 is 5.32 Å². The van der Waals surface area contributed by atoms with Gasteiger partial charge in [-0.15, -0.1) is 11.8 Å². The maximum atomic E-state index is 12.1. The summed E-state index contributed by atoms with van der Waals surface area (Å²) in [4.78, 5) is 22.8. The molecule has 132 valence electrons. The third-order valence-corrected chi connectivity index (χ3v) is 5.44. The lowest BCUT2D eigenvalue weighted by Gasteiger charge is -2.23. The third kappa shape index (κ3) is 3.36. The highest BCUT2D eigenvalue weighted by molar-refractivity contribution is 8.00. The van der Waals surface area contributed by atoms with Gasteiger partial charge in [0.05, 0.1) is 27.7 Å². The molecule has 0 fully saturated rings. The minimum absolute atomic E-state index is 0.0340. The standard InChI is InChI=1S/C16H17ClN4O3S/c1-16(2,3)20-15-11(7-18-20)14(25-8-13(22)19-15)10-6-9(21(23)24)4-5-12(10)17/h4-7,14H,8H2,1-3H3,(H,19,22).